The average Bonchev–Trinajstić information content (AvgIpc) is 3.10. The van der Waals surface area contributed by atoms with E-state index in [1.165, 1.54) is 21.9 Å². The zero-order valence-electron chi connectivity index (χ0n) is 16.8. The lowest BCUT2D eigenvalue weighted by Crippen LogP contribution is -2.67. The molecule has 2 atom stereocenters. The number of carboxylic acids is 1. The average molecular weight is 421 g/mol. The van der Waals surface area contributed by atoms with Crippen molar-refractivity contribution in [1.82, 2.24) is 14.7 Å². The molecule has 2 fully saturated rings. The van der Waals surface area contributed by atoms with Gasteiger partial charge >= 0.3 is 12.0 Å². The number of amides is 4. The maximum atomic E-state index is 13.6. The van der Waals surface area contributed by atoms with Gasteiger partial charge in [0.05, 0.1) is 6.04 Å². The molecule has 0 bridgehead atoms. The van der Waals surface area contributed by atoms with Crippen LogP contribution in [0.5, 0.6) is 0 Å². The predicted molar refractivity (Wildman–Crippen MR) is 102 cm³/mol. The van der Waals surface area contributed by atoms with Crippen LogP contribution in [0.3, 0.4) is 0 Å². The molecule has 2 aliphatic rings. The number of hydrogen-bond donors (Lipinski definition) is 1. The molecule has 2 saturated heterocycles. The minimum atomic E-state index is -1.20. The number of benzene rings is 1. The van der Waals surface area contributed by atoms with Gasteiger partial charge in [-0.1, -0.05) is 12.1 Å². The molecule has 2 aliphatic heterocycles. The van der Waals surface area contributed by atoms with E-state index in [0.717, 1.165) is 4.90 Å². The monoisotopic (exact) mass is 421 g/mol. The highest BCUT2D eigenvalue weighted by Crippen LogP contribution is 2.32. The van der Waals surface area contributed by atoms with E-state index in [1.54, 1.807) is 26.0 Å². The largest absolute Gasteiger partial charge is 0.480 e. The maximum Gasteiger partial charge on any atom is 0.329 e. The van der Waals surface area contributed by atoms with Gasteiger partial charge < -0.3 is 19.6 Å². The van der Waals surface area contributed by atoms with Crippen molar-refractivity contribution in [3.05, 3.63) is 35.6 Å². The normalized spacial score (nSPS) is 21.4. The van der Waals surface area contributed by atoms with E-state index < -0.39 is 61.0 Å². The standard InChI is InChI=1S/C20H24FN3O6/c1-12(2)24-19(28)18-15(6-7-22(18)16(25)10-30-11-17(26)27)23(20(24)29)9-13-4-3-5-14(21)8-13/h3-5,8,12,15,18H,6-7,9-11H2,1-2H3,(H,26,27)/t15-,18-/m1/s1. The summed E-state index contributed by atoms with van der Waals surface area (Å²) in [4.78, 5) is 53.3. The quantitative estimate of drug-likeness (QED) is 0.706. The molecule has 0 unspecified atom stereocenters. The Hall–Kier alpha value is -3.01. The highest BCUT2D eigenvalue weighted by Gasteiger charge is 2.53. The number of carbonyl (C=O) groups excluding carboxylic acids is 3. The predicted octanol–water partition coefficient (Wildman–Crippen LogP) is 1.07. The van der Waals surface area contributed by atoms with Crippen LogP contribution in [0, 0.1) is 5.82 Å². The Morgan fingerprint density at radius 2 is 2.00 bits per heavy atom. The topological polar surface area (TPSA) is 107 Å². The molecule has 0 aromatic heterocycles. The minimum Gasteiger partial charge on any atom is -0.480 e. The van der Waals surface area contributed by atoms with E-state index in [-0.39, 0.29) is 13.1 Å². The molecular weight excluding hydrogens is 397 g/mol. The molecule has 0 aliphatic carbocycles. The van der Waals surface area contributed by atoms with Gasteiger partial charge in [0.2, 0.25) is 5.91 Å². The molecule has 0 spiro atoms. The number of urea groups is 1. The molecule has 1 N–H and O–H groups in total. The second-order valence-corrected chi connectivity index (χ2v) is 7.62. The van der Waals surface area contributed by atoms with Gasteiger partial charge in [-0.05, 0) is 38.0 Å². The number of fused-ring (bicyclic) bond motifs is 1. The van der Waals surface area contributed by atoms with E-state index in [2.05, 4.69) is 0 Å². The third-order valence-corrected chi connectivity index (χ3v) is 5.24. The van der Waals surface area contributed by atoms with Gasteiger partial charge in [0.15, 0.2) is 0 Å². The SMILES string of the molecule is CC(C)N1C(=O)[C@H]2[C@@H](CCN2C(=O)COCC(=O)O)N(Cc2cccc(F)c2)C1=O. The zero-order chi connectivity index (χ0) is 22.0. The van der Waals surface area contributed by atoms with Gasteiger partial charge in [-0.2, -0.15) is 0 Å². The lowest BCUT2D eigenvalue weighted by atomic mass is 10.0. The summed E-state index contributed by atoms with van der Waals surface area (Å²) >= 11 is 0. The Balaban J connectivity index is 1.85. The summed E-state index contributed by atoms with van der Waals surface area (Å²) in [6.45, 7) is 2.65. The summed E-state index contributed by atoms with van der Waals surface area (Å²) in [5, 5.41) is 8.66. The fraction of sp³-hybridized carbons (Fsp3) is 0.500. The van der Waals surface area contributed by atoms with E-state index in [4.69, 9.17) is 9.84 Å². The van der Waals surface area contributed by atoms with E-state index in [1.807, 2.05) is 0 Å². The van der Waals surface area contributed by atoms with E-state index >= 15 is 0 Å². The number of halogens is 1. The van der Waals surface area contributed by atoms with E-state index in [9.17, 15) is 23.6 Å². The Kier molecular flexibility index (Phi) is 6.35. The minimum absolute atomic E-state index is 0.103. The molecule has 9 nitrogen and oxygen atoms in total. The number of likely N-dealkylation sites (tertiary alicyclic amines) is 1. The van der Waals surface area contributed by atoms with Crippen LogP contribution in [0.1, 0.15) is 25.8 Å². The van der Waals surface area contributed by atoms with Crippen molar-refractivity contribution in [3.8, 4) is 0 Å². The third-order valence-electron chi connectivity index (χ3n) is 5.24. The maximum absolute atomic E-state index is 13.6. The molecule has 10 heteroatoms. The van der Waals surface area contributed by atoms with Crippen molar-refractivity contribution in [2.75, 3.05) is 19.8 Å². The summed E-state index contributed by atoms with van der Waals surface area (Å²) in [6, 6.07) is 3.54. The van der Waals surface area contributed by atoms with Crippen LogP contribution in [0.2, 0.25) is 0 Å². The number of nitrogens with zero attached hydrogens (tertiary/aromatic N) is 3. The first kappa shape index (κ1) is 21.7. The van der Waals surface area contributed by atoms with Crippen LogP contribution in [-0.2, 0) is 25.7 Å². The lowest BCUT2D eigenvalue weighted by molar-refractivity contribution is -0.152. The molecule has 4 amide bonds. The molecule has 30 heavy (non-hydrogen) atoms. The summed E-state index contributed by atoms with van der Waals surface area (Å²) in [5.41, 5.74) is 0.578. The molecule has 3 rings (SSSR count). The van der Waals surface area contributed by atoms with Crippen LogP contribution in [0.15, 0.2) is 24.3 Å². The van der Waals surface area contributed by atoms with Gasteiger partial charge in [-0.25, -0.2) is 14.0 Å². The first-order valence-electron chi connectivity index (χ1n) is 9.67. The zero-order valence-corrected chi connectivity index (χ0v) is 16.8. The fourth-order valence-corrected chi connectivity index (χ4v) is 4.00. The number of hydrogen-bond acceptors (Lipinski definition) is 5. The van der Waals surface area contributed by atoms with Crippen molar-refractivity contribution in [1.29, 1.82) is 0 Å². The summed E-state index contributed by atoms with van der Waals surface area (Å²) in [6.07, 6.45) is 0.383. The Bertz CT molecular complexity index is 861. The molecular formula is C20H24FN3O6. The number of rotatable bonds is 7. The number of imide groups is 1. The van der Waals surface area contributed by atoms with Crippen LogP contribution >= 0.6 is 0 Å². The molecule has 1 aromatic carbocycles. The highest BCUT2D eigenvalue weighted by atomic mass is 19.1. The summed E-state index contributed by atoms with van der Waals surface area (Å²) in [7, 11) is 0. The van der Waals surface area contributed by atoms with Crippen molar-refractivity contribution < 1.29 is 33.4 Å². The first-order valence-corrected chi connectivity index (χ1v) is 9.67. The molecule has 162 valence electrons. The third kappa shape index (κ3) is 4.28. The Labute approximate surface area is 173 Å². The van der Waals surface area contributed by atoms with Crippen LogP contribution < -0.4 is 0 Å². The van der Waals surface area contributed by atoms with Gasteiger partial charge in [0.1, 0.15) is 25.1 Å². The molecule has 0 radical (unpaired) electrons. The summed E-state index contributed by atoms with van der Waals surface area (Å²) in [5.74, 6) is -2.61. The van der Waals surface area contributed by atoms with Crippen molar-refractivity contribution in [3.63, 3.8) is 0 Å². The van der Waals surface area contributed by atoms with Crippen molar-refractivity contribution in [2.24, 2.45) is 0 Å². The Morgan fingerprint density at radius 3 is 2.63 bits per heavy atom. The van der Waals surface area contributed by atoms with Crippen LogP contribution in [0.4, 0.5) is 9.18 Å². The smallest absolute Gasteiger partial charge is 0.329 e. The highest BCUT2D eigenvalue weighted by molar-refractivity contribution is 6.02. The number of carbonyl (C=O) groups is 4. The lowest BCUT2D eigenvalue weighted by Gasteiger charge is -2.45. The first-order chi connectivity index (χ1) is 14.2. The molecule has 1 aromatic rings. The second kappa shape index (κ2) is 8.78. The molecule has 2 heterocycles. The molecule has 0 saturated carbocycles. The fourth-order valence-electron chi connectivity index (χ4n) is 4.00. The number of aliphatic carboxylic acids is 1. The van der Waals surface area contributed by atoms with Crippen LogP contribution in [-0.4, -0.2) is 81.5 Å². The number of carboxylic acid groups (broad SMARTS) is 1. The number of ether oxygens (including phenoxy) is 1. The van der Waals surface area contributed by atoms with E-state index in [0.29, 0.717) is 12.0 Å². The van der Waals surface area contributed by atoms with Gasteiger partial charge in [0.25, 0.3) is 5.91 Å². The van der Waals surface area contributed by atoms with Gasteiger partial charge in [-0.3, -0.25) is 14.5 Å². The second-order valence-electron chi connectivity index (χ2n) is 7.62. The van der Waals surface area contributed by atoms with Gasteiger partial charge in [0, 0.05) is 19.1 Å². The van der Waals surface area contributed by atoms with Crippen LogP contribution in [0.25, 0.3) is 0 Å². The summed E-state index contributed by atoms with van der Waals surface area (Å²) < 4.78 is 18.5. The van der Waals surface area contributed by atoms with Gasteiger partial charge in [-0.15, -0.1) is 0 Å². The van der Waals surface area contributed by atoms with Crippen molar-refractivity contribution >= 4 is 23.8 Å². The Morgan fingerprint density at radius 1 is 1.27 bits per heavy atom. The van der Waals surface area contributed by atoms with Crippen molar-refractivity contribution in [2.45, 2.75) is 44.9 Å².